The minimum Gasteiger partial charge on any atom is -0.396 e. The maximum absolute atomic E-state index is 9.07. The van der Waals surface area contributed by atoms with Crippen molar-refractivity contribution in [1.29, 1.82) is 5.26 Å². The third kappa shape index (κ3) is 2.12. The van der Waals surface area contributed by atoms with E-state index in [2.05, 4.69) is 6.07 Å². The van der Waals surface area contributed by atoms with Crippen molar-refractivity contribution in [3.63, 3.8) is 0 Å². The molecule has 15 heavy (non-hydrogen) atoms. The second-order valence-corrected chi connectivity index (χ2v) is 5.48. The van der Waals surface area contributed by atoms with Crippen LogP contribution >= 0.6 is 23.4 Å². The van der Waals surface area contributed by atoms with Gasteiger partial charge in [-0.1, -0.05) is 11.6 Å². The van der Waals surface area contributed by atoms with Crippen molar-refractivity contribution < 1.29 is 5.11 Å². The Kier molecular flexibility index (Phi) is 2.92. The van der Waals surface area contributed by atoms with Crippen LogP contribution in [0.2, 0.25) is 5.02 Å². The van der Waals surface area contributed by atoms with Gasteiger partial charge in [-0.15, -0.1) is 11.8 Å². The molecule has 1 fully saturated rings. The molecule has 0 spiro atoms. The molecule has 1 aromatic carbocycles. The lowest BCUT2D eigenvalue weighted by Crippen LogP contribution is -2.05. The number of aliphatic hydroxyl groups excluding tert-OH is 1. The van der Waals surface area contributed by atoms with Crippen molar-refractivity contribution in [2.24, 2.45) is 5.92 Å². The van der Waals surface area contributed by atoms with Crippen LogP contribution in [0.5, 0.6) is 0 Å². The molecule has 2 nitrogen and oxygen atoms in total. The first-order valence-electron chi connectivity index (χ1n) is 4.67. The molecule has 1 aromatic rings. The Morgan fingerprint density at radius 2 is 2.20 bits per heavy atom. The predicted molar refractivity (Wildman–Crippen MR) is 60.8 cm³/mol. The van der Waals surface area contributed by atoms with E-state index < -0.39 is 4.75 Å². The SMILES string of the molecule is N#CC1(Sc2ccc(Cl)cc2)CC1CO. The van der Waals surface area contributed by atoms with E-state index in [4.69, 9.17) is 22.0 Å². The Bertz CT molecular complexity index is 400. The first-order valence-corrected chi connectivity index (χ1v) is 5.86. The molecular weight excluding hydrogens is 230 g/mol. The van der Waals surface area contributed by atoms with Crippen molar-refractivity contribution in [3.05, 3.63) is 29.3 Å². The van der Waals surface area contributed by atoms with E-state index in [9.17, 15) is 0 Å². The van der Waals surface area contributed by atoms with E-state index in [0.29, 0.717) is 5.02 Å². The molecule has 4 heteroatoms. The summed E-state index contributed by atoms with van der Waals surface area (Å²) >= 11 is 7.29. The van der Waals surface area contributed by atoms with Crippen LogP contribution in [0.15, 0.2) is 29.2 Å². The summed E-state index contributed by atoms with van der Waals surface area (Å²) in [5.74, 6) is 0.114. The van der Waals surface area contributed by atoms with Crippen LogP contribution in [0.1, 0.15) is 6.42 Å². The summed E-state index contributed by atoms with van der Waals surface area (Å²) in [5, 5.41) is 18.8. The molecule has 78 valence electrons. The quantitative estimate of drug-likeness (QED) is 0.882. The summed E-state index contributed by atoms with van der Waals surface area (Å²) in [4.78, 5) is 1.02. The fraction of sp³-hybridized carbons (Fsp3) is 0.364. The minimum absolute atomic E-state index is 0.0914. The fourth-order valence-electron chi connectivity index (χ4n) is 1.52. The van der Waals surface area contributed by atoms with Crippen LogP contribution in [0, 0.1) is 17.2 Å². The molecule has 0 radical (unpaired) electrons. The Morgan fingerprint density at radius 1 is 1.53 bits per heavy atom. The lowest BCUT2D eigenvalue weighted by atomic mass is 10.3. The Balaban J connectivity index is 2.10. The van der Waals surface area contributed by atoms with Gasteiger partial charge in [0.2, 0.25) is 0 Å². The third-order valence-electron chi connectivity index (χ3n) is 2.57. The van der Waals surface area contributed by atoms with E-state index in [1.54, 1.807) is 0 Å². The van der Waals surface area contributed by atoms with Crippen LogP contribution in [-0.2, 0) is 0 Å². The summed E-state index contributed by atoms with van der Waals surface area (Å²) < 4.78 is -0.414. The van der Waals surface area contributed by atoms with Gasteiger partial charge in [-0.2, -0.15) is 5.26 Å². The molecule has 2 rings (SSSR count). The van der Waals surface area contributed by atoms with Gasteiger partial charge < -0.3 is 5.11 Å². The topological polar surface area (TPSA) is 44.0 Å². The molecule has 2 unspecified atom stereocenters. The molecule has 0 heterocycles. The van der Waals surface area contributed by atoms with E-state index in [1.165, 1.54) is 11.8 Å². The highest BCUT2D eigenvalue weighted by molar-refractivity contribution is 8.01. The van der Waals surface area contributed by atoms with Gasteiger partial charge in [0.15, 0.2) is 0 Å². The number of nitrogens with zero attached hydrogens (tertiary/aromatic N) is 1. The lowest BCUT2D eigenvalue weighted by Gasteiger charge is -2.07. The third-order valence-corrected chi connectivity index (χ3v) is 4.29. The van der Waals surface area contributed by atoms with E-state index in [-0.39, 0.29) is 12.5 Å². The number of nitriles is 1. The van der Waals surface area contributed by atoms with E-state index in [1.807, 2.05) is 24.3 Å². The number of benzene rings is 1. The van der Waals surface area contributed by atoms with Crippen molar-refractivity contribution in [2.75, 3.05) is 6.61 Å². The number of hydrogen-bond acceptors (Lipinski definition) is 3. The van der Waals surface area contributed by atoms with Gasteiger partial charge >= 0.3 is 0 Å². The van der Waals surface area contributed by atoms with Gasteiger partial charge in [0.25, 0.3) is 0 Å². The average Bonchev–Trinajstić information content (AvgIpc) is 2.96. The lowest BCUT2D eigenvalue weighted by molar-refractivity contribution is 0.275. The molecule has 0 aromatic heterocycles. The first-order chi connectivity index (χ1) is 7.20. The Labute approximate surface area is 97.9 Å². The second kappa shape index (κ2) is 4.05. The van der Waals surface area contributed by atoms with E-state index in [0.717, 1.165) is 11.3 Å². The molecule has 1 N–H and O–H groups in total. The van der Waals surface area contributed by atoms with Crippen molar-refractivity contribution in [1.82, 2.24) is 0 Å². The summed E-state index contributed by atoms with van der Waals surface area (Å²) in [6, 6.07) is 9.71. The molecule has 1 aliphatic carbocycles. The number of hydrogen-bond donors (Lipinski definition) is 1. The number of aliphatic hydroxyl groups is 1. The number of halogens is 1. The summed E-state index contributed by atoms with van der Waals surface area (Å²) in [6.45, 7) is 0.0914. The fourth-order valence-corrected chi connectivity index (χ4v) is 2.91. The number of thioether (sulfide) groups is 1. The van der Waals surface area contributed by atoms with Gasteiger partial charge in [0, 0.05) is 22.4 Å². The van der Waals surface area contributed by atoms with Gasteiger partial charge in [-0.25, -0.2) is 0 Å². The van der Waals surface area contributed by atoms with Gasteiger partial charge in [0.05, 0.1) is 6.07 Å². The van der Waals surface area contributed by atoms with Gasteiger partial charge in [0.1, 0.15) is 4.75 Å². The van der Waals surface area contributed by atoms with Crippen LogP contribution in [-0.4, -0.2) is 16.5 Å². The van der Waals surface area contributed by atoms with Crippen LogP contribution in [0.3, 0.4) is 0 Å². The van der Waals surface area contributed by atoms with E-state index >= 15 is 0 Å². The zero-order valence-corrected chi connectivity index (χ0v) is 9.55. The standard InChI is InChI=1S/C11H10ClNOS/c12-9-1-3-10(4-2-9)15-11(7-13)5-8(11)6-14/h1-4,8,14H,5-6H2. The Hall–Kier alpha value is -0.690. The largest absolute Gasteiger partial charge is 0.396 e. The van der Waals surface area contributed by atoms with Crippen molar-refractivity contribution in [3.8, 4) is 6.07 Å². The summed E-state index contributed by atoms with van der Waals surface area (Å²) in [7, 11) is 0. The van der Waals surface area contributed by atoms with Crippen LogP contribution in [0.25, 0.3) is 0 Å². The monoisotopic (exact) mass is 239 g/mol. The second-order valence-electron chi connectivity index (χ2n) is 3.64. The molecule has 0 bridgehead atoms. The Morgan fingerprint density at radius 3 is 2.67 bits per heavy atom. The molecule has 0 saturated heterocycles. The molecule has 2 atom stereocenters. The van der Waals surface area contributed by atoms with Crippen LogP contribution in [0.4, 0.5) is 0 Å². The highest BCUT2D eigenvalue weighted by Gasteiger charge is 2.55. The summed E-state index contributed by atoms with van der Waals surface area (Å²) in [5.41, 5.74) is 0. The van der Waals surface area contributed by atoms with Crippen molar-refractivity contribution >= 4 is 23.4 Å². The smallest absolute Gasteiger partial charge is 0.112 e. The highest BCUT2D eigenvalue weighted by atomic mass is 35.5. The molecule has 0 aliphatic heterocycles. The maximum Gasteiger partial charge on any atom is 0.112 e. The normalized spacial score (nSPS) is 28.5. The molecule has 1 saturated carbocycles. The average molecular weight is 240 g/mol. The van der Waals surface area contributed by atoms with Gasteiger partial charge in [-0.3, -0.25) is 0 Å². The maximum atomic E-state index is 9.07. The minimum atomic E-state index is -0.414. The molecule has 1 aliphatic rings. The predicted octanol–water partition coefficient (Wildman–Crippen LogP) is 2.71. The zero-order chi connectivity index (χ0) is 10.9. The van der Waals surface area contributed by atoms with Crippen molar-refractivity contribution in [2.45, 2.75) is 16.1 Å². The summed E-state index contributed by atoms with van der Waals surface area (Å²) in [6.07, 6.45) is 0.771. The molecule has 0 amide bonds. The zero-order valence-electron chi connectivity index (χ0n) is 7.98. The first kappa shape index (κ1) is 10.8. The van der Waals surface area contributed by atoms with Gasteiger partial charge in [-0.05, 0) is 30.7 Å². The molecular formula is C11H10ClNOS. The highest BCUT2D eigenvalue weighted by Crippen LogP contribution is 2.56. The van der Waals surface area contributed by atoms with Crippen LogP contribution < -0.4 is 0 Å². The number of rotatable bonds is 3.